The van der Waals surface area contributed by atoms with Crippen LogP contribution in [0, 0.1) is 0 Å². The van der Waals surface area contributed by atoms with Gasteiger partial charge in [0.05, 0.1) is 6.10 Å². The van der Waals surface area contributed by atoms with Crippen molar-refractivity contribution in [1.82, 2.24) is 0 Å². The third-order valence-corrected chi connectivity index (χ3v) is 1.55. The zero-order valence-electron chi connectivity index (χ0n) is 5.97. The zero-order chi connectivity index (χ0) is 7.11. The summed E-state index contributed by atoms with van der Waals surface area (Å²) in [4.78, 5) is 0. The molecule has 0 saturated heterocycles. The van der Waals surface area contributed by atoms with Gasteiger partial charge in [-0.3, -0.25) is 0 Å². The van der Waals surface area contributed by atoms with Crippen LogP contribution in [0.5, 0.6) is 0 Å². The number of aliphatic hydroxyl groups excluding tert-OH is 1. The highest BCUT2D eigenvalue weighted by molar-refractivity contribution is 7.80. The Balaban J connectivity index is 2.75. The van der Waals surface area contributed by atoms with E-state index in [1.54, 1.807) is 0 Å². The van der Waals surface area contributed by atoms with Crippen molar-refractivity contribution in [2.24, 2.45) is 0 Å². The van der Waals surface area contributed by atoms with Crippen LogP contribution in [-0.4, -0.2) is 17.0 Å². The Morgan fingerprint density at radius 2 is 2.00 bits per heavy atom. The summed E-state index contributed by atoms with van der Waals surface area (Å²) >= 11 is 4.77. The standard InChI is InChI=1S/C7H15OS/c1-7(8)5-3-2-4-6-9/h7-8H,2-6H2,1H3. The first kappa shape index (κ1) is 9.31. The fourth-order valence-electron chi connectivity index (χ4n) is 0.719. The molecule has 1 unspecified atom stereocenters. The summed E-state index contributed by atoms with van der Waals surface area (Å²) in [6.45, 7) is 1.83. The van der Waals surface area contributed by atoms with Crippen molar-refractivity contribution < 1.29 is 5.11 Å². The summed E-state index contributed by atoms with van der Waals surface area (Å²) in [6, 6.07) is 0. The van der Waals surface area contributed by atoms with Crippen molar-refractivity contribution in [1.29, 1.82) is 0 Å². The van der Waals surface area contributed by atoms with Gasteiger partial charge in [-0.1, -0.05) is 25.5 Å². The molecule has 0 fully saturated rings. The van der Waals surface area contributed by atoms with Gasteiger partial charge in [-0.2, -0.15) is 0 Å². The minimum absolute atomic E-state index is 0.130. The van der Waals surface area contributed by atoms with Gasteiger partial charge in [0.25, 0.3) is 0 Å². The molecule has 0 heterocycles. The number of unbranched alkanes of at least 4 members (excludes halogenated alkanes) is 2. The van der Waals surface area contributed by atoms with E-state index < -0.39 is 0 Å². The first-order valence-electron chi connectivity index (χ1n) is 3.53. The summed E-state index contributed by atoms with van der Waals surface area (Å²) in [5.74, 6) is 0.861. The van der Waals surface area contributed by atoms with E-state index in [0.717, 1.165) is 25.0 Å². The second-order valence-corrected chi connectivity index (χ2v) is 2.81. The Hall–Kier alpha value is 0.310. The van der Waals surface area contributed by atoms with E-state index >= 15 is 0 Å². The van der Waals surface area contributed by atoms with Crippen LogP contribution in [0.4, 0.5) is 0 Å². The Morgan fingerprint density at radius 1 is 1.33 bits per heavy atom. The van der Waals surface area contributed by atoms with Gasteiger partial charge in [-0.25, -0.2) is 0 Å². The van der Waals surface area contributed by atoms with Gasteiger partial charge in [0.15, 0.2) is 0 Å². The lowest BCUT2D eigenvalue weighted by Crippen LogP contribution is -1.98. The second kappa shape index (κ2) is 6.43. The summed E-state index contributed by atoms with van der Waals surface area (Å²) in [6.07, 6.45) is 4.22. The molecular weight excluding hydrogens is 132 g/mol. The first-order chi connectivity index (χ1) is 4.27. The molecule has 2 heteroatoms. The van der Waals surface area contributed by atoms with E-state index in [0.29, 0.717) is 0 Å². The van der Waals surface area contributed by atoms with Crippen molar-refractivity contribution in [3.63, 3.8) is 0 Å². The smallest absolute Gasteiger partial charge is 0.0512 e. The molecule has 1 radical (unpaired) electrons. The summed E-state index contributed by atoms with van der Waals surface area (Å²) in [7, 11) is 0. The monoisotopic (exact) mass is 147 g/mol. The highest BCUT2D eigenvalue weighted by Gasteiger charge is 1.93. The number of aliphatic hydroxyl groups is 1. The maximum atomic E-state index is 8.83. The minimum atomic E-state index is -0.130. The topological polar surface area (TPSA) is 20.2 Å². The van der Waals surface area contributed by atoms with Crippen molar-refractivity contribution in [2.75, 3.05) is 5.75 Å². The zero-order valence-corrected chi connectivity index (χ0v) is 6.78. The van der Waals surface area contributed by atoms with Gasteiger partial charge < -0.3 is 5.11 Å². The predicted molar refractivity (Wildman–Crippen MR) is 42.6 cm³/mol. The summed E-state index contributed by atoms with van der Waals surface area (Å²) in [5.41, 5.74) is 0. The Labute approximate surface area is 62.9 Å². The predicted octanol–water partition coefficient (Wildman–Crippen LogP) is 2.13. The average molecular weight is 147 g/mol. The molecule has 0 aliphatic heterocycles. The van der Waals surface area contributed by atoms with E-state index in [-0.39, 0.29) is 6.10 Å². The van der Waals surface area contributed by atoms with E-state index in [9.17, 15) is 0 Å². The highest BCUT2D eigenvalue weighted by atomic mass is 32.1. The van der Waals surface area contributed by atoms with Crippen LogP contribution in [0.25, 0.3) is 0 Å². The lowest BCUT2D eigenvalue weighted by Gasteiger charge is -2.01. The van der Waals surface area contributed by atoms with Crippen molar-refractivity contribution in [3.05, 3.63) is 0 Å². The second-order valence-electron chi connectivity index (χ2n) is 2.40. The molecule has 1 atom stereocenters. The Kier molecular flexibility index (Phi) is 6.65. The largest absolute Gasteiger partial charge is 0.393 e. The van der Waals surface area contributed by atoms with Gasteiger partial charge in [0.1, 0.15) is 0 Å². The van der Waals surface area contributed by atoms with Gasteiger partial charge >= 0.3 is 0 Å². The van der Waals surface area contributed by atoms with Crippen LogP contribution in [-0.2, 0) is 0 Å². The van der Waals surface area contributed by atoms with Crippen LogP contribution >= 0.6 is 12.6 Å². The highest BCUT2D eigenvalue weighted by Crippen LogP contribution is 2.03. The van der Waals surface area contributed by atoms with Crippen LogP contribution in [0.1, 0.15) is 32.6 Å². The van der Waals surface area contributed by atoms with E-state index in [1.807, 2.05) is 6.92 Å². The van der Waals surface area contributed by atoms with Crippen LogP contribution in [0.15, 0.2) is 0 Å². The molecule has 0 bridgehead atoms. The molecule has 0 rings (SSSR count). The maximum absolute atomic E-state index is 8.83. The van der Waals surface area contributed by atoms with E-state index in [2.05, 4.69) is 0 Å². The molecule has 0 amide bonds. The van der Waals surface area contributed by atoms with Crippen molar-refractivity contribution in [3.8, 4) is 0 Å². The fourth-order valence-corrected chi connectivity index (χ4v) is 0.923. The summed E-state index contributed by atoms with van der Waals surface area (Å²) in [5, 5.41) is 8.83. The van der Waals surface area contributed by atoms with Gasteiger partial charge in [-0.05, 0) is 19.8 Å². The van der Waals surface area contributed by atoms with Crippen LogP contribution in [0.2, 0.25) is 0 Å². The molecule has 0 aliphatic carbocycles. The molecule has 0 aliphatic rings. The van der Waals surface area contributed by atoms with Gasteiger partial charge in [-0.15, -0.1) is 0 Å². The minimum Gasteiger partial charge on any atom is -0.393 e. The SMILES string of the molecule is CC(O)CCCCC[S]. The molecule has 0 aromatic rings. The lowest BCUT2D eigenvalue weighted by atomic mass is 10.1. The van der Waals surface area contributed by atoms with E-state index in [1.165, 1.54) is 6.42 Å². The quantitative estimate of drug-likeness (QED) is 0.591. The van der Waals surface area contributed by atoms with Gasteiger partial charge in [0, 0.05) is 5.75 Å². The molecular formula is C7H15OS. The third-order valence-electron chi connectivity index (χ3n) is 1.27. The first-order valence-corrected chi connectivity index (χ1v) is 4.11. The normalized spacial score (nSPS) is 13.7. The molecule has 0 aromatic heterocycles. The number of rotatable bonds is 5. The number of hydrogen-bond donors (Lipinski definition) is 1. The van der Waals surface area contributed by atoms with Crippen molar-refractivity contribution >= 4 is 12.6 Å². The van der Waals surface area contributed by atoms with Crippen LogP contribution < -0.4 is 0 Å². The Morgan fingerprint density at radius 3 is 2.44 bits per heavy atom. The van der Waals surface area contributed by atoms with E-state index in [4.69, 9.17) is 17.7 Å². The molecule has 55 valence electrons. The molecule has 9 heavy (non-hydrogen) atoms. The maximum Gasteiger partial charge on any atom is 0.0512 e. The molecule has 0 spiro atoms. The van der Waals surface area contributed by atoms with Crippen LogP contribution in [0.3, 0.4) is 0 Å². The van der Waals surface area contributed by atoms with Gasteiger partial charge in [0.2, 0.25) is 0 Å². The molecule has 0 saturated carbocycles. The lowest BCUT2D eigenvalue weighted by molar-refractivity contribution is 0.180. The molecule has 0 aromatic carbocycles. The fraction of sp³-hybridized carbons (Fsp3) is 1.00. The van der Waals surface area contributed by atoms with Crippen molar-refractivity contribution in [2.45, 2.75) is 38.7 Å². The third kappa shape index (κ3) is 8.31. The Bertz CT molecular complexity index is 54.9. The molecule has 1 N–H and O–H groups in total. The summed E-state index contributed by atoms with van der Waals surface area (Å²) < 4.78 is 0. The number of hydrogen-bond acceptors (Lipinski definition) is 1. The average Bonchev–Trinajstić information content (AvgIpc) is 1.80. The molecule has 1 nitrogen and oxygen atoms in total.